The van der Waals surface area contributed by atoms with E-state index in [1.807, 2.05) is 0 Å². The second-order valence-corrected chi connectivity index (χ2v) is 2.36. The first-order valence-electron chi connectivity index (χ1n) is 2.28. The van der Waals surface area contributed by atoms with Crippen molar-refractivity contribution >= 4 is 13.8 Å². The molecule has 0 bridgehead atoms. The van der Waals surface area contributed by atoms with E-state index < -0.39 is 19.9 Å². The second kappa shape index (κ2) is 15.5. The van der Waals surface area contributed by atoms with Gasteiger partial charge in [-0.15, -0.1) is 0 Å². The first kappa shape index (κ1) is 30.0. The van der Waals surface area contributed by atoms with Crippen LogP contribution in [0.25, 0.3) is 0 Å². The Bertz CT molecular complexity index is 159. The van der Waals surface area contributed by atoms with Gasteiger partial charge in [0.1, 0.15) is 6.10 Å². The molecule has 0 heterocycles. The zero-order valence-corrected chi connectivity index (χ0v) is 15.4. The molecule has 0 amide bonds. The molecule has 0 aromatic rings. The predicted molar refractivity (Wildman–Crippen MR) is 26.9 cm³/mol. The Morgan fingerprint density at radius 2 is 1.29 bits per heavy atom. The van der Waals surface area contributed by atoms with Gasteiger partial charge < -0.3 is 29.5 Å². The third-order valence-corrected chi connectivity index (χ3v) is 0.357. The molecular formula is C3H6Na3O7P. The van der Waals surface area contributed by atoms with Gasteiger partial charge in [0.25, 0.3) is 0 Å². The van der Waals surface area contributed by atoms with Gasteiger partial charge in [0, 0.05) is 0 Å². The third kappa shape index (κ3) is 62.3. The minimum atomic E-state index is -5.39. The van der Waals surface area contributed by atoms with Crippen LogP contribution in [0.5, 0.6) is 0 Å². The average Bonchev–Trinajstić information content (AvgIpc) is 1.59. The summed E-state index contributed by atoms with van der Waals surface area (Å²) in [6, 6.07) is 0. The Kier molecular flexibility index (Phi) is 33.3. The van der Waals surface area contributed by atoms with Gasteiger partial charge in [0.2, 0.25) is 0 Å². The fourth-order valence-electron chi connectivity index (χ4n) is 0. The molecule has 0 aliphatic rings. The van der Waals surface area contributed by atoms with E-state index in [4.69, 9.17) is 29.5 Å². The van der Waals surface area contributed by atoms with E-state index in [1.165, 1.54) is 6.92 Å². The van der Waals surface area contributed by atoms with E-state index in [1.54, 1.807) is 0 Å². The number of hydrogen-bond acceptors (Lipinski definition) is 6. The number of carboxylic acids is 1. The number of phosphoric acid groups is 1. The molecule has 0 aromatic carbocycles. The van der Waals surface area contributed by atoms with Crippen molar-refractivity contribution in [2.45, 2.75) is 13.0 Å². The van der Waals surface area contributed by atoms with Crippen molar-refractivity contribution < 1.29 is 123 Å². The van der Waals surface area contributed by atoms with Crippen molar-refractivity contribution in [3.63, 3.8) is 0 Å². The van der Waals surface area contributed by atoms with Crippen LogP contribution in [-0.2, 0) is 9.36 Å². The van der Waals surface area contributed by atoms with Crippen LogP contribution < -0.4 is 103 Å². The summed E-state index contributed by atoms with van der Waals surface area (Å²) in [5.41, 5.74) is 0. The Hall–Kier alpha value is 2.54. The minimum absolute atomic E-state index is 0. The van der Waals surface area contributed by atoms with Crippen molar-refractivity contribution in [2.24, 2.45) is 0 Å². The molecule has 0 aliphatic heterocycles. The Balaban J connectivity index is -0.0000000321. The van der Waals surface area contributed by atoms with E-state index in [2.05, 4.69) is 0 Å². The molecule has 0 saturated carbocycles. The molecule has 14 heavy (non-hydrogen) atoms. The van der Waals surface area contributed by atoms with Crippen LogP contribution in [-0.4, -0.2) is 22.3 Å². The van der Waals surface area contributed by atoms with Crippen molar-refractivity contribution in [1.82, 2.24) is 0 Å². The summed E-state index contributed by atoms with van der Waals surface area (Å²) < 4.78 is 8.55. The average molecular weight is 254 g/mol. The summed E-state index contributed by atoms with van der Waals surface area (Å²) in [4.78, 5) is 35.1. The Labute approximate surface area is 147 Å². The number of carbonyl (C=O) groups is 1. The number of aliphatic carboxylic acids is 1. The maximum absolute atomic E-state index is 9.45. The minimum Gasteiger partial charge on any atom is -0.822 e. The number of carboxylic acid groups (broad SMARTS) is 1. The van der Waals surface area contributed by atoms with Crippen LogP contribution >= 0.6 is 7.82 Å². The SMILES string of the molecule is CC(O)C(=O)O.O=P([O-])([O-])[O-].[Na+].[Na+].[Na+]. The summed E-state index contributed by atoms with van der Waals surface area (Å²) >= 11 is 0. The van der Waals surface area contributed by atoms with Gasteiger partial charge in [-0.3, -0.25) is 0 Å². The molecule has 7 nitrogen and oxygen atoms in total. The molecule has 0 aliphatic carbocycles. The van der Waals surface area contributed by atoms with Gasteiger partial charge in [-0.25, -0.2) is 4.79 Å². The van der Waals surface area contributed by atoms with Crippen molar-refractivity contribution in [2.75, 3.05) is 0 Å². The molecule has 68 valence electrons. The van der Waals surface area contributed by atoms with Gasteiger partial charge in [0.15, 0.2) is 0 Å². The van der Waals surface area contributed by atoms with Crippen LogP contribution in [0.15, 0.2) is 0 Å². The van der Waals surface area contributed by atoms with Gasteiger partial charge in [0.05, 0.1) is 0 Å². The van der Waals surface area contributed by atoms with E-state index in [-0.39, 0.29) is 88.7 Å². The predicted octanol–water partition coefficient (Wildman–Crippen LogP) is -12.4. The van der Waals surface area contributed by atoms with Gasteiger partial charge in [-0.1, -0.05) is 0 Å². The molecule has 0 fully saturated rings. The largest absolute Gasteiger partial charge is 1.00 e. The molecular weight excluding hydrogens is 248 g/mol. The van der Waals surface area contributed by atoms with Crippen LogP contribution in [0.2, 0.25) is 0 Å². The van der Waals surface area contributed by atoms with Crippen molar-refractivity contribution in [1.29, 1.82) is 0 Å². The quantitative estimate of drug-likeness (QED) is 0.349. The fourth-order valence-corrected chi connectivity index (χ4v) is 0. The summed E-state index contributed by atoms with van der Waals surface area (Å²) in [5.74, 6) is -1.19. The number of hydrogen-bond donors (Lipinski definition) is 2. The third-order valence-electron chi connectivity index (χ3n) is 0.357. The molecule has 0 spiro atoms. The number of aliphatic hydroxyl groups excluding tert-OH is 1. The molecule has 0 saturated heterocycles. The number of rotatable bonds is 1. The molecule has 1 atom stereocenters. The zero-order valence-electron chi connectivity index (χ0n) is 8.46. The van der Waals surface area contributed by atoms with Crippen LogP contribution in [0, 0.1) is 0 Å². The molecule has 2 N–H and O–H groups in total. The Morgan fingerprint density at radius 1 is 1.21 bits per heavy atom. The summed E-state index contributed by atoms with van der Waals surface area (Å²) in [7, 11) is -5.39. The normalized spacial score (nSPS) is 10.1. The van der Waals surface area contributed by atoms with E-state index >= 15 is 0 Å². The van der Waals surface area contributed by atoms with Crippen LogP contribution in [0.3, 0.4) is 0 Å². The summed E-state index contributed by atoms with van der Waals surface area (Å²) in [5, 5.41) is 15.8. The number of aliphatic hydroxyl groups is 1. The van der Waals surface area contributed by atoms with Crippen LogP contribution in [0.4, 0.5) is 0 Å². The molecule has 0 radical (unpaired) electrons. The maximum Gasteiger partial charge on any atom is 1.00 e. The summed E-state index contributed by atoms with van der Waals surface area (Å²) in [6.07, 6.45) is -1.23. The van der Waals surface area contributed by atoms with Gasteiger partial charge in [-0.2, -0.15) is 7.82 Å². The van der Waals surface area contributed by atoms with Crippen molar-refractivity contribution in [3.05, 3.63) is 0 Å². The first-order chi connectivity index (χ1) is 4.64. The van der Waals surface area contributed by atoms with E-state index in [0.717, 1.165) is 0 Å². The Morgan fingerprint density at radius 3 is 1.29 bits per heavy atom. The molecule has 0 aromatic heterocycles. The molecule has 11 heteroatoms. The van der Waals surface area contributed by atoms with Crippen molar-refractivity contribution in [3.8, 4) is 0 Å². The zero-order chi connectivity index (χ0) is 9.65. The van der Waals surface area contributed by atoms with E-state index in [0.29, 0.717) is 0 Å². The van der Waals surface area contributed by atoms with Gasteiger partial charge in [-0.05, 0) is 6.92 Å². The summed E-state index contributed by atoms with van der Waals surface area (Å²) in [6.45, 7) is 1.20. The molecule has 0 rings (SSSR count). The second-order valence-electron chi connectivity index (χ2n) is 1.46. The topological polar surface area (TPSA) is 144 Å². The van der Waals surface area contributed by atoms with Crippen LogP contribution in [0.1, 0.15) is 6.92 Å². The smallest absolute Gasteiger partial charge is 0.822 e. The van der Waals surface area contributed by atoms with E-state index in [9.17, 15) is 4.79 Å². The fraction of sp³-hybridized carbons (Fsp3) is 0.667. The maximum atomic E-state index is 9.45. The monoisotopic (exact) mass is 254 g/mol. The van der Waals surface area contributed by atoms with Gasteiger partial charge >= 0.3 is 94.6 Å². The molecule has 1 unspecified atom stereocenters. The standard InChI is InChI=1S/C3H6O3.3Na.H3O4P/c1-2(4)3(5)6;;;;1-5(2,3)4/h2,4H,1H3,(H,5,6);;;;(H3,1,2,3,4)/q;3*+1;/p-3. The first-order valence-corrected chi connectivity index (χ1v) is 3.74.